The Morgan fingerprint density at radius 2 is 2.14 bits per heavy atom. The molecule has 0 bridgehead atoms. The molecule has 2 rings (SSSR count). The van der Waals surface area contributed by atoms with Crippen LogP contribution in [0.1, 0.15) is 21.6 Å². The van der Waals surface area contributed by atoms with E-state index in [2.05, 4.69) is 10.3 Å². The zero-order valence-electron chi connectivity index (χ0n) is 12.4. The van der Waals surface area contributed by atoms with Gasteiger partial charge in [0.25, 0.3) is 5.91 Å². The average Bonchev–Trinajstić information content (AvgIpc) is 2.46. The lowest BCUT2D eigenvalue weighted by atomic mass is 10.1. The van der Waals surface area contributed by atoms with E-state index in [1.165, 1.54) is 0 Å². The molecule has 0 unspecified atom stereocenters. The van der Waals surface area contributed by atoms with Crippen LogP contribution >= 0.6 is 11.6 Å². The van der Waals surface area contributed by atoms with Crippen LogP contribution < -0.4 is 5.32 Å². The second-order valence-electron chi connectivity index (χ2n) is 4.91. The summed E-state index contributed by atoms with van der Waals surface area (Å²) in [5, 5.41) is 3.70. The standard InChI is InChI=1S/C16H18ClN3O/c1-11-7-15(18-2)14(9-19-11)16(21)20(3)10-12-5-4-6-13(17)8-12/h4-9H,10H2,1-3H3,(H,18,19). The van der Waals surface area contributed by atoms with E-state index in [9.17, 15) is 4.79 Å². The van der Waals surface area contributed by atoms with Gasteiger partial charge >= 0.3 is 0 Å². The lowest BCUT2D eigenvalue weighted by Crippen LogP contribution is -2.27. The van der Waals surface area contributed by atoms with Crippen molar-refractivity contribution in [2.75, 3.05) is 19.4 Å². The van der Waals surface area contributed by atoms with Crippen LogP contribution in [0.2, 0.25) is 5.02 Å². The predicted octanol–water partition coefficient (Wildman–Crippen LogP) is 3.36. The molecule has 0 aliphatic carbocycles. The van der Waals surface area contributed by atoms with Crippen molar-refractivity contribution in [3.8, 4) is 0 Å². The zero-order chi connectivity index (χ0) is 15.4. The summed E-state index contributed by atoms with van der Waals surface area (Å²) in [5.41, 5.74) is 3.20. The van der Waals surface area contributed by atoms with E-state index in [1.807, 2.05) is 37.3 Å². The first-order valence-electron chi connectivity index (χ1n) is 6.65. The van der Waals surface area contributed by atoms with E-state index in [4.69, 9.17) is 11.6 Å². The molecule has 0 atom stereocenters. The molecule has 21 heavy (non-hydrogen) atoms. The maximum absolute atomic E-state index is 12.5. The maximum Gasteiger partial charge on any atom is 0.257 e. The van der Waals surface area contributed by atoms with Gasteiger partial charge in [0.2, 0.25) is 0 Å². The molecule has 1 aromatic carbocycles. The summed E-state index contributed by atoms with van der Waals surface area (Å²) in [6.07, 6.45) is 1.61. The van der Waals surface area contributed by atoms with E-state index in [-0.39, 0.29) is 5.91 Å². The first-order valence-corrected chi connectivity index (χ1v) is 7.03. The van der Waals surface area contributed by atoms with E-state index in [0.29, 0.717) is 17.1 Å². The van der Waals surface area contributed by atoms with Crippen LogP contribution in [0.3, 0.4) is 0 Å². The molecule has 0 fully saturated rings. The molecule has 0 aliphatic rings. The highest BCUT2D eigenvalue weighted by Gasteiger charge is 2.16. The topological polar surface area (TPSA) is 45.2 Å². The minimum atomic E-state index is -0.0770. The van der Waals surface area contributed by atoms with Gasteiger partial charge < -0.3 is 10.2 Å². The molecule has 1 N–H and O–H groups in total. The molecular weight excluding hydrogens is 286 g/mol. The Morgan fingerprint density at radius 3 is 2.81 bits per heavy atom. The van der Waals surface area contributed by atoms with Gasteiger partial charge in [-0.1, -0.05) is 23.7 Å². The molecule has 0 radical (unpaired) electrons. The number of anilines is 1. The summed E-state index contributed by atoms with van der Waals surface area (Å²) in [4.78, 5) is 18.4. The van der Waals surface area contributed by atoms with E-state index in [1.54, 1.807) is 25.2 Å². The highest BCUT2D eigenvalue weighted by molar-refractivity contribution is 6.30. The van der Waals surface area contributed by atoms with Gasteiger partial charge in [0.15, 0.2) is 0 Å². The molecule has 1 aromatic heterocycles. The van der Waals surface area contributed by atoms with E-state index >= 15 is 0 Å². The van der Waals surface area contributed by atoms with Gasteiger partial charge in [0.05, 0.1) is 11.3 Å². The average molecular weight is 304 g/mol. The van der Waals surface area contributed by atoms with Crippen molar-refractivity contribution in [2.45, 2.75) is 13.5 Å². The Labute approximate surface area is 129 Å². The van der Waals surface area contributed by atoms with Gasteiger partial charge in [-0.05, 0) is 30.7 Å². The number of carbonyl (C=O) groups excluding carboxylic acids is 1. The molecule has 1 amide bonds. The van der Waals surface area contributed by atoms with Crippen LogP contribution in [0.25, 0.3) is 0 Å². The zero-order valence-corrected chi connectivity index (χ0v) is 13.1. The van der Waals surface area contributed by atoms with Crippen molar-refractivity contribution in [1.29, 1.82) is 0 Å². The van der Waals surface area contributed by atoms with Crippen LogP contribution in [-0.2, 0) is 6.54 Å². The second kappa shape index (κ2) is 6.59. The first kappa shape index (κ1) is 15.3. The van der Waals surface area contributed by atoms with Crippen molar-refractivity contribution in [3.63, 3.8) is 0 Å². The molecule has 2 aromatic rings. The van der Waals surface area contributed by atoms with Gasteiger partial charge in [-0.15, -0.1) is 0 Å². The van der Waals surface area contributed by atoms with Crippen molar-refractivity contribution in [1.82, 2.24) is 9.88 Å². The summed E-state index contributed by atoms with van der Waals surface area (Å²) in [6, 6.07) is 9.36. The number of halogens is 1. The molecule has 5 heteroatoms. The second-order valence-corrected chi connectivity index (χ2v) is 5.35. The number of benzene rings is 1. The van der Waals surface area contributed by atoms with Gasteiger partial charge in [0, 0.05) is 37.6 Å². The Kier molecular flexibility index (Phi) is 4.81. The molecule has 0 saturated heterocycles. The van der Waals surface area contributed by atoms with Crippen LogP contribution in [0.15, 0.2) is 36.5 Å². The lowest BCUT2D eigenvalue weighted by molar-refractivity contribution is 0.0785. The number of rotatable bonds is 4. The summed E-state index contributed by atoms with van der Waals surface area (Å²) >= 11 is 5.97. The number of pyridine rings is 1. The Balaban J connectivity index is 2.19. The van der Waals surface area contributed by atoms with E-state index < -0.39 is 0 Å². The van der Waals surface area contributed by atoms with Crippen LogP contribution in [0, 0.1) is 6.92 Å². The van der Waals surface area contributed by atoms with Crippen LogP contribution in [-0.4, -0.2) is 29.9 Å². The smallest absolute Gasteiger partial charge is 0.257 e. The summed E-state index contributed by atoms with van der Waals surface area (Å²) in [6.45, 7) is 2.39. The third-order valence-electron chi connectivity index (χ3n) is 3.20. The summed E-state index contributed by atoms with van der Waals surface area (Å²) in [5.74, 6) is -0.0770. The normalized spacial score (nSPS) is 10.3. The Bertz CT molecular complexity index is 658. The maximum atomic E-state index is 12.5. The molecule has 0 spiro atoms. The Hall–Kier alpha value is -2.07. The molecule has 110 valence electrons. The van der Waals surface area contributed by atoms with Gasteiger partial charge in [-0.3, -0.25) is 9.78 Å². The monoisotopic (exact) mass is 303 g/mol. The lowest BCUT2D eigenvalue weighted by Gasteiger charge is -2.19. The number of carbonyl (C=O) groups is 1. The van der Waals surface area contributed by atoms with Crippen LogP contribution in [0.4, 0.5) is 5.69 Å². The summed E-state index contributed by atoms with van der Waals surface area (Å²) in [7, 11) is 3.56. The van der Waals surface area contributed by atoms with E-state index in [0.717, 1.165) is 16.9 Å². The van der Waals surface area contributed by atoms with Gasteiger partial charge in [0.1, 0.15) is 0 Å². The number of hydrogen-bond acceptors (Lipinski definition) is 3. The number of aryl methyl sites for hydroxylation is 1. The third-order valence-corrected chi connectivity index (χ3v) is 3.43. The quantitative estimate of drug-likeness (QED) is 0.942. The molecule has 1 heterocycles. The van der Waals surface area contributed by atoms with Crippen molar-refractivity contribution < 1.29 is 4.79 Å². The fourth-order valence-electron chi connectivity index (χ4n) is 2.12. The minimum Gasteiger partial charge on any atom is -0.387 e. The van der Waals surface area contributed by atoms with Crippen LogP contribution in [0.5, 0.6) is 0 Å². The highest BCUT2D eigenvalue weighted by Crippen LogP contribution is 2.18. The number of amides is 1. The van der Waals surface area contributed by atoms with Crippen molar-refractivity contribution in [3.05, 3.63) is 58.4 Å². The molecule has 0 saturated carbocycles. The molecular formula is C16H18ClN3O. The summed E-state index contributed by atoms with van der Waals surface area (Å²) < 4.78 is 0. The largest absolute Gasteiger partial charge is 0.387 e. The van der Waals surface area contributed by atoms with Gasteiger partial charge in [-0.25, -0.2) is 0 Å². The minimum absolute atomic E-state index is 0.0770. The number of nitrogens with one attached hydrogen (secondary N) is 1. The third kappa shape index (κ3) is 3.73. The predicted molar refractivity (Wildman–Crippen MR) is 85.8 cm³/mol. The SMILES string of the molecule is CNc1cc(C)ncc1C(=O)N(C)Cc1cccc(Cl)c1. The number of hydrogen-bond donors (Lipinski definition) is 1. The molecule has 4 nitrogen and oxygen atoms in total. The molecule has 0 aliphatic heterocycles. The fraction of sp³-hybridized carbons (Fsp3) is 0.250. The van der Waals surface area contributed by atoms with Gasteiger partial charge in [-0.2, -0.15) is 0 Å². The number of aromatic nitrogens is 1. The van der Waals surface area contributed by atoms with Crippen molar-refractivity contribution in [2.24, 2.45) is 0 Å². The number of nitrogens with zero attached hydrogens (tertiary/aromatic N) is 2. The van der Waals surface area contributed by atoms with Crippen molar-refractivity contribution >= 4 is 23.2 Å². The highest BCUT2D eigenvalue weighted by atomic mass is 35.5. The Morgan fingerprint density at radius 1 is 1.38 bits per heavy atom. The fourth-order valence-corrected chi connectivity index (χ4v) is 2.34. The first-order chi connectivity index (χ1) is 10.0.